The molecule has 5 nitrogen and oxygen atoms in total. The van der Waals surface area contributed by atoms with Crippen molar-refractivity contribution >= 4 is 17.5 Å². The van der Waals surface area contributed by atoms with E-state index in [4.69, 9.17) is 22.1 Å². The van der Waals surface area contributed by atoms with E-state index in [1.54, 1.807) is 36.4 Å². The molecule has 1 amide bonds. The third-order valence-corrected chi connectivity index (χ3v) is 4.57. The molecular formula is C21H27ClFN3O2. The van der Waals surface area contributed by atoms with E-state index in [9.17, 15) is 4.79 Å². The van der Waals surface area contributed by atoms with Crippen LogP contribution in [0.2, 0.25) is 5.02 Å². The van der Waals surface area contributed by atoms with Crippen molar-refractivity contribution in [2.75, 3.05) is 13.1 Å². The number of rotatable bonds is 10. The average Bonchev–Trinajstić information content (AvgIpc) is 2.69. The lowest BCUT2D eigenvalue weighted by Crippen LogP contribution is -2.37. The van der Waals surface area contributed by atoms with E-state index in [2.05, 4.69) is 10.6 Å². The number of halogens is 2. The predicted molar refractivity (Wildman–Crippen MR) is 110 cm³/mol. The lowest BCUT2D eigenvalue weighted by Gasteiger charge is -2.24. The van der Waals surface area contributed by atoms with Crippen molar-refractivity contribution in [2.45, 2.75) is 38.8 Å². The van der Waals surface area contributed by atoms with Crippen LogP contribution in [0.1, 0.15) is 38.3 Å². The number of benzene rings is 2. The Labute approximate surface area is 170 Å². The fourth-order valence-electron chi connectivity index (χ4n) is 2.91. The fourth-order valence-corrected chi connectivity index (χ4v) is 3.09. The minimum Gasteiger partial charge on any atom is -0.453 e. The summed E-state index contributed by atoms with van der Waals surface area (Å²) in [7, 11) is 0. The van der Waals surface area contributed by atoms with Gasteiger partial charge >= 0.3 is 0 Å². The van der Waals surface area contributed by atoms with Gasteiger partial charge in [0.1, 0.15) is 5.75 Å². The SMILES string of the molecule is CCC(NC(C)CC(=O)NCCN)c1ccc(Cl)c(Oc2ccccc2)c1F. The second-order valence-electron chi connectivity index (χ2n) is 6.57. The maximum Gasteiger partial charge on any atom is 0.221 e. The van der Waals surface area contributed by atoms with Gasteiger partial charge in [-0.2, -0.15) is 0 Å². The Morgan fingerprint density at radius 2 is 1.96 bits per heavy atom. The first-order valence-corrected chi connectivity index (χ1v) is 9.77. The number of carbonyl (C=O) groups excluding carboxylic acids is 1. The van der Waals surface area contributed by atoms with Gasteiger partial charge in [-0.25, -0.2) is 4.39 Å². The van der Waals surface area contributed by atoms with Gasteiger partial charge in [-0.1, -0.05) is 42.8 Å². The quantitative estimate of drug-likeness (QED) is 0.552. The molecule has 0 spiro atoms. The zero-order chi connectivity index (χ0) is 20.5. The van der Waals surface area contributed by atoms with Crippen molar-refractivity contribution in [3.63, 3.8) is 0 Å². The van der Waals surface area contributed by atoms with Gasteiger partial charge in [0.05, 0.1) is 5.02 Å². The zero-order valence-electron chi connectivity index (χ0n) is 16.2. The number of carbonyl (C=O) groups is 1. The first-order valence-electron chi connectivity index (χ1n) is 9.39. The number of ether oxygens (including phenoxy) is 1. The van der Waals surface area contributed by atoms with E-state index >= 15 is 4.39 Å². The highest BCUT2D eigenvalue weighted by Gasteiger charge is 2.22. The summed E-state index contributed by atoms with van der Waals surface area (Å²) in [6.45, 7) is 4.67. The summed E-state index contributed by atoms with van der Waals surface area (Å²) in [4.78, 5) is 11.9. The largest absolute Gasteiger partial charge is 0.453 e. The Morgan fingerprint density at radius 1 is 1.25 bits per heavy atom. The van der Waals surface area contributed by atoms with Crippen LogP contribution in [0.15, 0.2) is 42.5 Å². The maximum absolute atomic E-state index is 15.2. The normalized spacial score (nSPS) is 13.0. The smallest absolute Gasteiger partial charge is 0.221 e. The van der Waals surface area contributed by atoms with Crippen molar-refractivity contribution in [2.24, 2.45) is 5.73 Å². The van der Waals surface area contributed by atoms with Crippen LogP contribution in [0, 0.1) is 5.82 Å². The molecule has 7 heteroatoms. The van der Waals surface area contributed by atoms with E-state index in [-0.39, 0.29) is 35.2 Å². The third kappa shape index (κ3) is 6.19. The number of nitrogens with two attached hydrogens (primary N) is 1. The second kappa shape index (κ2) is 11.0. The van der Waals surface area contributed by atoms with Crippen LogP contribution in [-0.2, 0) is 4.79 Å². The summed E-state index contributed by atoms with van der Waals surface area (Å²) in [5.74, 6) is -0.0918. The number of nitrogens with one attached hydrogen (secondary N) is 2. The number of para-hydroxylation sites is 1. The topological polar surface area (TPSA) is 76.4 Å². The molecule has 2 aromatic rings. The van der Waals surface area contributed by atoms with Gasteiger partial charge in [0.2, 0.25) is 5.91 Å². The average molecular weight is 408 g/mol. The molecular weight excluding hydrogens is 381 g/mol. The molecule has 0 radical (unpaired) electrons. The van der Waals surface area contributed by atoms with Crippen molar-refractivity contribution in [3.8, 4) is 11.5 Å². The Balaban J connectivity index is 2.15. The molecule has 2 rings (SSSR count). The summed E-state index contributed by atoms with van der Waals surface area (Å²) in [5.41, 5.74) is 5.84. The second-order valence-corrected chi connectivity index (χ2v) is 6.97. The van der Waals surface area contributed by atoms with Crippen LogP contribution >= 0.6 is 11.6 Å². The fraction of sp³-hybridized carbons (Fsp3) is 0.381. The molecule has 0 aromatic heterocycles. The Hall–Kier alpha value is -2.15. The van der Waals surface area contributed by atoms with Crippen LogP contribution in [0.5, 0.6) is 11.5 Å². The molecule has 0 aliphatic carbocycles. The predicted octanol–water partition coefficient (Wildman–Crippen LogP) is 4.17. The Kier molecular flexibility index (Phi) is 8.70. The standard InChI is InChI=1S/C21H27ClFN3O2/c1-3-18(26-14(2)13-19(27)25-12-11-24)16-9-10-17(22)21(20(16)23)28-15-7-5-4-6-8-15/h4-10,14,18,26H,3,11-13,24H2,1-2H3,(H,25,27). The van der Waals surface area contributed by atoms with Gasteiger partial charge < -0.3 is 21.1 Å². The minimum atomic E-state index is -0.504. The summed E-state index contributed by atoms with van der Waals surface area (Å²) in [6.07, 6.45) is 0.914. The molecule has 0 aliphatic heterocycles. The highest BCUT2D eigenvalue weighted by molar-refractivity contribution is 6.32. The van der Waals surface area contributed by atoms with E-state index in [0.717, 1.165) is 0 Å². The molecule has 4 N–H and O–H groups in total. The Bertz CT molecular complexity index is 774. The molecule has 0 aliphatic rings. The van der Waals surface area contributed by atoms with E-state index in [1.807, 2.05) is 19.9 Å². The van der Waals surface area contributed by atoms with Gasteiger partial charge in [-0.15, -0.1) is 0 Å². The highest BCUT2D eigenvalue weighted by atomic mass is 35.5. The molecule has 2 unspecified atom stereocenters. The summed E-state index contributed by atoms with van der Waals surface area (Å²) < 4.78 is 20.9. The molecule has 2 atom stereocenters. The first kappa shape index (κ1) is 22.1. The molecule has 2 aromatic carbocycles. The first-order chi connectivity index (χ1) is 13.5. The van der Waals surface area contributed by atoms with Crippen molar-refractivity contribution < 1.29 is 13.9 Å². The van der Waals surface area contributed by atoms with Crippen LogP contribution in [0.3, 0.4) is 0 Å². The molecule has 0 fully saturated rings. The van der Waals surface area contributed by atoms with Crippen molar-refractivity contribution in [3.05, 3.63) is 58.9 Å². The minimum absolute atomic E-state index is 0.000964. The maximum atomic E-state index is 15.2. The molecule has 0 heterocycles. The van der Waals surface area contributed by atoms with Gasteiger partial charge in [0, 0.05) is 37.2 Å². The Morgan fingerprint density at radius 3 is 2.61 bits per heavy atom. The van der Waals surface area contributed by atoms with Gasteiger partial charge in [-0.05, 0) is 31.5 Å². The molecule has 0 bridgehead atoms. The zero-order valence-corrected chi connectivity index (χ0v) is 16.9. The van der Waals surface area contributed by atoms with Crippen LogP contribution in [0.25, 0.3) is 0 Å². The summed E-state index contributed by atoms with van der Waals surface area (Å²) >= 11 is 6.17. The molecule has 152 valence electrons. The van der Waals surface area contributed by atoms with Gasteiger partial charge in [0.15, 0.2) is 11.6 Å². The van der Waals surface area contributed by atoms with Crippen LogP contribution in [0.4, 0.5) is 4.39 Å². The van der Waals surface area contributed by atoms with Gasteiger partial charge in [0.25, 0.3) is 0 Å². The molecule has 0 saturated carbocycles. The number of hydrogen-bond acceptors (Lipinski definition) is 4. The van der Waals surface area contributed by atoms with Gasteiger partial charge in [-0.3, -0.25) is 4.79 Å². The lowest BCUT2D eigenvalue weighted by molar-refractivity contribution is -0.121. The van der Waals surface area contributed by atoms with Crippen LogP contribution in [-0.4, -0.2) is 25.0 Å². The molecule has 0 saturated heterocycles. The van der Waals surface area contributed by atoms with E-state index in [0.29, 0.717) is 30.8 Å². The number of amides is 1. The summed E-state index contributed by atoms with van der Waals surface area (Å²) in [5, 5.41) is 6.25. The highest BCUT2D eigenvalue weighted by Crippen LogP contribution is 2.36. The van der Waals surface area contributed by atoms with Crippen molar-refractivity contribution in [1.29, 1.82) is 0 Å². The van der Waals surface area contributed by atoms with Crippen molar-refractivity contribution in [1.82, 2.24) is 10.6 Å². The monoisotopic (exact) mass is 407 g/mol. The third-order valence-electron chi connectivity index (χ3n) is 4.27. The molecule has 28 heavy (non-hydrogen) atoms. The van der Waals surface area contributed by atoms with E-state index in [1.165, 1.54) is 0 Å². The van der Waals surface area contributed by atoms with E-state index < -0.39 is 5.82 Å². The van der Waals surface area contributed by atoms with Crippen LogP contribution < -0.4 is 21.1 Å². The lowest BCUT2D eigenvalue weighted by atomic mass is 10.0. The summed E-state index contributed by atoms with van der Waals surface area (Å²) in [6, 6.07) is 11.8. The number of hydrogen-bond donors (Lipinski definition) is 3.